The lowest BCUT2D eigenvalue weighted by molar-refractivity contribution is -0.127. The van der Waals surface area contributed by atoms with Gasteiger partial charge in [0.25, 0.3) is 0 Å². The molecule has 0 saturated heterocycles. The van der Waals surface area contributed by atoms with E-state index < -0.39 is 12.6 Å². The zero-order valence-corrected chi connectivity index (χ0v) is 8.67. The predicted molar refractivity (Wildman–Crippen MR) is 48.9 cm³/mol. The molecule has 0 amide bonds. The van der Waals surface area contributed by atoms with Crippen molar-refractivity contribution in [3.05, 3.63) is 33.3 Å². The van der Waals surface area contributed by atoms with E-state index in [1.807, 2.05) is 0 Å². The molecule has 0 saturated carbocycles. The van der Waals surface area contributed by atoms with Gasteiger partial charge in [0.2, 0.25) is 0 Å². The lowest BCUT2D eigenvalue weighted by Gasteiger charge is -2.06. The van der Waals surface area contributed by atoms with Crippen LogP contribution in [0.1, 0.15) is 5.56 Å². The van der Waals surface area contributed by atoms with Gasteiger partial charge in [-0.25, -0.2) is 0 Å². The van der Waals surface area contributed by atoms with Gasteiger partial charge in [-0.3, -0.25) is 0 Å². The minimum absolute atomic E-state index is 0.167. The van der Waals surface area contributed by atoms with Crippen molar-refractivity contribution in [1.82, 2.24) is 0 Å². The Kier molecular flexibility index (Phi) is 3.24. The van der Waals surface area contributed by atoms with Crippen molar-refractivity contribution in [2.45, 2.75) is 12.6 Å². The molecule has 5 heteroatoms. The minimum atomic E-state index is -4.18. The van der Waals surface area contributed by atoms with Crippen LogP contribution >= 0.6 is 27.5 Å². The maximum absolute atomic E-state index is 11.9. The molecule has 0 radical (unpaired) electrons. The Morgan fingerprint density at radius 1 is 1.31 bits per heavy atom. The molecule has 1 aromatic rings. The van der Waals surface area contributed by atoms with Gasteiger partial charge in [0.05, 0.1) is 11.4 Å². The summed E-state index contributed by atoms with van der Waals surface area (Å²) in [6.07, 6.45) is -5.13. The average molecular weight is 273 g/mol. The topological polar surface area (TPSA) is 0 Å². The van der Waals surface area contributed by atoms with Crippen molar-refractivity contribution in [1.29, 1.82) is 0 Å². The quantitative estimate of drug-likeness (QED) is 0.719. The highest BCUT2D eigenvalue weighted by molar-refractivity contribution is 9.10. The minimum Gasteiger partial charge on any atom is -0.171 e. The summed E-state index contributed by atoms with van der Waals surface area (Å²) in [5.41, 5.74) is 0.167. The molecule has 0 spiro atoms. The number of hydrogen-bond donors (Lipinski definition) is 0. The summed E-state index contributed by atoms with van der Waals surface area (Å²) in [7, 11) is 0. The predicted octanol–water partition coefficient (Wildman–Crippen LogP) is 4.21. The Morgan fingerprint density at radius 2 is 1.92 bits per heavy atom. The second-order valence-corrected chi connectivity index (χ2v) is 3.80. The Hall–Kier alpha value is -0.220. The first-order valence-corrected chi connectivity index (χ1v) is 4.56. The fourth-order valence-corrected chi connectivity index (χ4v) is 1.33. The molecule has 13 heavy (non-hydrogen) atoms. The molecule has 72 valence electrons. The smallest absolute Gasteiger partial charge is 0.171 e. The molecular weight excluding hydrogens is 268 g/mol. The zero-order valence-electron chi connectivity index (χ0n) is 6.33. The Morgan fingerprint density at radius 3 is 2.38 bits per heavy atom. The van der Waals surface area contributed by atoms with E-state index in [1.165, 1.54) is 18.2 Å². The lowest BCUT2D eigenvalue weighted by atomic mass is 10.1. The van der Waals surface area contributed by atoms with E-state index in [2.05, 4.69) is 15.9 Å². The molecule has 0 fully saturated rings. The third-order valence-electron chi connectivity index (χ3n) is 1.39. The Bertz CT molecular complexity index is 309. The normalized spacial score (nSPS) is 11.8. The summed E-state index contributed by atoms with van der Waals surface area (Å²) in [6, 6.07) is 4.20. The van der Waals surface area contributed by atoms with Crippen LogP contribution in [0, 0.1) is 0 Å². The van der Waals surface area contributed by atoms with Gasteiger partial charge in [-0.1, -0.05) is 17.7 Å². The van der Waals surface area contributed by atoms with Crippen LogP contribution in [0.5, 0.6) is 0 Å². The molecule has 0 aliphatic carbocycles. The second-order valence-electron chi connectivity index (χ2n) is 2.54. The Labute approximate surface area is 86.8 Å². The fraction of sp³-hybridized carbons (Fsp3) is 0.250. The van der Waals surface area contributed by atoms with Crippen molar-refractivity contribution in [2.24, 2.45) is 0 Å². The number of alkyl halides is 3. The largest absolute Gasteiger partial charge is 0.393 e. The standard InChI is InChI=1S/C8H5BrClF3/c9-6-2-1-5(3-7(6)10)4-8(11,12)13/h1-3H,4H2. The number of halogens is 5. The molecule has 0 bridgehead atoms. The van der Waals surface area contributed by atoms with E-state index in [1.54, 1.807) is 0 Å². The number of rotatable bonds is 1. The van der Waals surface area contributed by atoms with Gasteiger partial charge in [-0.15, -0.1) is 0 Å². The van der Waals surface area contributed by atoms with Crippen molar-refractivity contribution >= 4 is 27.5 Å². The van der Waals surface area contributed by atoms with Gasteiger partial charge >= 0.3 is 6.18 Å². The van der Waals surface area contributed by atoms with Crippen LogP contribution in [-0.4, -0.2) is 6.18 Å². The van der Waals surface area contributed by atoms with Crippen LogP contribution < -0.4 is 0 Å². The summed E-state index contributed by atoms with van der Waals surface area (Å²) in [5.74, 6) is 0. The third kappa shape index (κ3) is 3.56. The highest BCUT2D eigenvalue weighted by Crippen LogP contribution is 2.27. The molecule has 1 rings (SSSR count). The first-order chi connectivity index (χ1) is 5.88. The summed E-state index contributed by atoms with van der Waals surface area (Å²) in [6.45, 7) is 0. The lowest BCUT2D eigenvalue weighted by Crippen LogP contribution is -2.11. The van der Waals surface area contributed by atoms with Crippen molar-refractivity contribution < 1.29 is 13.2 Å². The molecular formula is C8H5BrClF3. The SMILES string of the molecule is FC(F)(F)Cc1ccc(Br)c(Cl)c1. The first-order valence-electron chi connectivity index (χ1n) is 3.39. The third-order valence-corrected chi connectivity index (χ3v) is 2.62. The van der Waals surface area contributed by atoms with Crippen molar-refractivity contribution in [3.8, 4) is 0 Å². The van der Waals surface area contributed by atoms with Crippen LogP contribution in [0.25, 0.3) is 0 Å². The van der Waals surface area contributed by atoms with Gasteiger partial charge in [-0.05, 0) is 33.6 Å². The van der Waals surface area contributed by atoms with E-state index in [4.69, 9.17) is 11.6 Å². The van der Waals surface area contributed by atoms with Crippen molar-refractivity contribution in [3.63, 3.8) is 0 Å². The molecule has 0 heterocycles. The molecule has 1 aromatic carbocycles. The zero-order chi connectivity index (χ0) is 10.1. The second kappa shape index (κ2) is 3.88. The molecule has 0 atom stereocenters. The van der Waals surface area contributed by atoms with E-state index in [9.17, 15) is 13.2 Å². The molecule has 0 unspecified atom stereocenters. The summed E-state index contributed by atoms with van der Waals surface area (Å²) >= 11 is 8.72. The van der Waals surface area contributed by atoms with Gasteiger partial charge in [0.15, 0.2) is 0 Å². The van der Waals surface area contributed by atoms with Gasteiger partial charge in [-0.2, -0.15) is 13.2 Å². The molecule has 0 N–H and O–H groups in total. The summed E-state index contributed by atoms with van der Waals surface area (Å²) in [4.78, 5) is 0. The van der Waals surface area contributed by atoms with E-state index in [-0.39, 0.29) is 5.56 Å². The number of benzene rings is 1. The van der Waals surface area contributed by atoms with Crippen LogP contribution in [0.3, 0.4) is 0 Å². The van der Waals surface area contributed by atoms with E-state index in [0.29, 0.717) is 9.50 Å². The monoisotopic (exact) mass is 272 g/mol. The molecule has 0 aliphatic rings. The van der Waals surface area contributed by atoms with Crippen molar-refractivity contribution in [2.75, 3.05) is 0 Å². The van der Waals surface area contributed by atoms with Gasteiger partial charge in [0.1, 0.15) is 0 Å². The highest BCUT2D eigenvalue weighted by atomic mass is 79.9. The van der Waals surface area contributed by atoms with Crippen LogP contribution in [0.4, 0.5) is 13.2 Å². The molecule has 0 aromatic heterocycles. The Balaban J connectivity index is 2.86. The maximum atomic E-state index is 11.9. The van der Waals surface area contributed by atoms with Gasteiger partial charge in [0, 0.05) is 4.47 Å². The maximum Gasteiger partial charge on any atom is 0.393 e. The number of hydrogen-bond acceptors (Lipinski definition) is 0. The van der Waals surface area contributed by atoms with Crippen LogP contribution in [-0.2, 0) is 6.42 Å². The average Bonchev–Trinajstić information content (AvgIpc) is 1.94. The van der Waals surface area contributed by atoms with E-state index >= 15 is 0 Å². The van der Waals surface area contributed by atoms with E-state index in [0.717, 1.165) is 0 Å². The fourth-order valence-electron chi connectivity index (χ4n) is 0.881. The first kappa shape index (κ1) is 10.9. The summed E-state index contributed by atoms with van der Waals surface area (Å²) < 4.78 is 36.4. The molecule has 0 nitrogen and oxygen atoms in total. The van der Waals surface area contributed by atoms with Crippen LogP contribution in [0.2, 0.25) is 5.02 Å². The van der Waals surface area contributed by atoms with Crippen LogP contribution in [0.15, 0.2) is 22.7 Å². The highest BCUT2D eigenvalue weighted by Gasteiger charge is 2.27. The summed E-state index contributed by atoms with van der Waals surface area (Å²) in [5, 5.41) is 0.293. The molecule has 0 aliphatic heterocycles. The van der Waals surface area contributed by atoms with Gasteiger partial charge < -0.3 is 0 Å².